The molecule has 4 rings (SSSR count). The first-order chi connectivity index (χ1) is 22.0. The molecule has 0 aromatic carbocycles. The van der Waals surface area contributed by atoms with Gasteiger partial charge in [0.25, 0.3) is 0 Å². The van der Waals surface area contributed by atoms with E-state index in [2.05, 4.69) is 29.9 Å². The van der Waals surface area contributed by atoms with Crippen LogP contribution in [-0.2, 0) is 10.4 Å². The average molecular weight is 720 g/mol. The van der Waals surface area contributed by atoms with E-state index in [0.29, 0.717) is 11.6 Å². The maximum atomic E-state index is 11.8. The highest BCUT2D eigenvalue weighted by atomic mass is 35.5. The highest BCUT2D eigenvalue weighted by molar-refractivity contribution is 7.79. The molecule has 0 unspecified atom stereocenters. The number of hydrogen-bond donors (Lipinski definition) is 6. The maximum Gasteiger partial charge on any atom is 0.302 e. The first-order valence-corrected chi connectivity index (χ1v) is 16.2. The fourth-order valence-electron chi connectivity index (χ4n) is 4.46. The molecule has 2 aromatic rings. The highest BCUT2D eigenvalue weighted by Gasteiger charge is 2.22. The van der Waals surface area contributed by atoms with E-state index in [4.69, 9.17) is 75.1 Å². The molecule has 260 valence electrons. The average Bonchev–Trinajstić information content (AvgIpc) is 3.40. The predicted octanol–water partition coefficient (Wildman–Crippen LogP) is -0.326. The molecule has 2 amide bonds. The van der Waals surface area contributed by atoms with E-state index in [0.717, 1.165) is 51.9 Å². The number of rotatable bonds is 4. The number of aromatic nitrogens is 4. The fraction of sp³-hybridized carbons (Fsp3) is 0.500. The van der Waals surface area contributed by atoms with Crippen LogP contribution in [0.3, 0.4) is 0 Å². The third-order valence-corrected chi connectivity index (χ3v) is 6.91. The molecule has 2 aliphatic rings. The molecule has 12 N–H and O–H groups in total. The van der Waals surface area contributed by atoms with Crippen molar-refractivity contribution in [3.05, 3.63) is 21.7 Å². The first-order valence-electron chi connectivity index (χ1n) is 14.1. The normalized spacial score (nSPS) is 15.0. The summed E-state index contributed by atoms with van der Waals surface area (Å²) < 4.78 is 34.1. The summed E-state index contributed by atoms with van der Waals surface area (Å²) in [6.45, 7) is 3.37. The molecule has 0 atom stereocenters. The Morgan fingerprint density at radius 2 is 0.894 bits per heavy atom. The Morgan fingerprint density at radius 3 is 1.15 bits per heavy atom. The van der Waals surface area contributed by atoms with Gasteiger partial charge in [-0.3, -0.25) is 18.0 Å². The summed E-state index contributed by atoms with van der Waals surface area (Å²) in [5.41, 5.74) is 31.9. The van der Waals surface area contributed by atoms with Gasteiger partial charge >= 0.3 is 11.8 Å². The summed E-state index contributed by atoms with van der Waals surface area (Å²) in [6.07, 6.45) is 8.96. The molecule has 0 bridgehead atoms. The van der Waals surface area contributed by atoms with Crippen LogP contribution in [0.2, 0.25) is 10.3 Å². The molecular formula is C24H36Cl2N14O6S-2. The lowest BCUT2D eigenvalue weighted by atomic mass is 10.2. The zero-order valence-electron chi connectivity index (χ0n) is 25.1. The molecule has 0 radical (unpaired) electrons. The number of hydrogen-bond acceptors (Lipinski definition) is 14. The molecule has 2 fully saturated rings. The van der Waals surface area contributed by atoms with Crippen molar-refractivity contribution in [2.45, 2.75) is 51.4 Å². The number of aliphatic imine (C=N–C) groups is 2. The summed E-state index contributed by atoms with van der Waals surface area (Å²) in [4.78, 5) is 50.8. The number of amides is 2. The number of nitrogens with zero attached hydrogens (tertiary/aromatic N) is 8. The molecule has 2 saturated heterocycles. The second-order valence-corrected chi connectivity index (χ2v) is 11.6. The number of carbonyl (C=O) groups is 2. The lowest BCUT2D eigenvalue weighted by molar-refractivity contribution is 0.0990. The van der Waals surface area contributed by atoms with Gasteiger partial charge in [-0.1, -0.05) is 48.9 Å². The zero-order valence-corrected chi connectivity index (χ0v) is 27.5. The minimum Gasteiger partial charge on any atom is -0.759 e. The smallest absolute Gasteiger partial charge is 0.302 e. The number of anilines is 4. The van der Waals surface area contributed by atoms with E-state index in [1.807, 2.05) is 9.80 Å². The third-order valence-electron chi connectivity index (χ3n) is 6.40. The van der Waals surface area contributed by atoms with Gasteiger partial charge in [-0.15, -0.1) is 0 Å². The number of guanidine groups is 2. The second-order valence-electron chi connectivity index (χ2n) is 10.0. The van der Waals surface area contributed by atoms with Crippen LogP contribution in [0.5, 0.6) is 0 Å². The fourth-order valence-corrected chi connectivity index (χ4v) is 4.95. The molecule has 0 spiro atoms. The van der Waals surface area contributed by atoms with E-state index >= 15 is 0 Å². The van der Waals surface area contributed by atoms with Gasteiger partial charge in [0.15, 0.2) is 56.9 Å². The lowest BCUT2D eigenvalue weighted by Crippen LogP contribution is -2.27. The Balaban J connectivity index is 0.000000286. The van der Waals surface area contributed by atoms with Crippen LogP contribution in [0.15, 0.2) is 9.98 Å². The number of carbonyl (C=O) groups excluding carboxylic acids is 2. The van der Waals surface area contributed by atoms with Crippen LogP contribution in [0.1, 0.15) is 72.3 Å². The van der Waals surface area contributed by atoms with Gasteiger partial charge in [-0.2, -0.15) is 9.98 Å². The Bertz CT molecular complexity index is 1460. The van der Waals surface area contributed by atoms with Crippen molar-refractivity contribution in [3.63, 3.8) is 0 Å². The largest absolute Gasteiger partial charge is 0.759 e. The molecule has 0 saturated carbocycles. The third kappa shape index (κ3) is 13.5. The van der Waals surface area contributed by atoms with Crippen molar-refractivity contribution in [1.82, 2.24) is 19.9 Å². The van der Waals surface area contributed by atoms with E-state index in [1.165, 1.54) is 25.7 Å². The molecule has 0 aliphatic carbocycles. The van der Waals surface area contributed by atoms with Crippen LogP contribution in [0.25, 0.3) is 0 Å². The van der Waals surface area contributed by atoms with E-state index in [9.17, 15) is 9.59 Å². The highest BCUT2D eigenvalue weighted by Crippen LogP contribution is 2.28. The number of halogens is 2. The quantitative estimate of drug-likeness (QED) is 0.102. The summed E-state index contributed by atoms with van der Waals surface area (Å²) in [5, 5.41) is 0.250. The molecule has 2 aromatic heterocycles. The summed E-state index contributed by atoms with van der Waals surface area (Å²) >= 11 is 12.3. The van der Waals surface area contributed by atoms with Crippen molar-refractivity contribution >= 4 is 80.6 Å². The van der Waals surface area contributed by atoms with Crippen molar-refractivity contribution in [2.75, 3.05) is 47.4 Å². The van der Waals surface area contributed by atoms with Gasteiger partial charge in [0, 0.05) is 36.6 Å². The van der Waals surface area contributed by atoms with Gasteiger partial charge in [0.05, 0.1) is 0 Å². The Morgan fingerprint density at radius 1 is 0.617 bits per heavy atom. The zero-order chi connectivity index (χ0) is 35.3. The van der Waals surface area contributed by atoms with Crippen molar-refractivity contribution in [3.8, 4) is 0 Å². The molecule has 23 heteroatoms. The molecule has 4 heterocycles. The van der Waals surface area contributed by atoms with Gasteiger partial charge in [-0.25, -0.2) is 19.9 Å². The van der Waals surface area contributed by atoms with Crippen LogP contribution in [-0.4, -0.2) is 87.4 Å². The van der Waals surface area contributed by atoms with E-state index < -0.39 is 22.2 Å². The topological polar surface area (TPSA) is 353 Å². The maximum absolute atomic E-state index is 11.8. The van der Waals surface area contributed by atoms with Crippen LogP contribution in [0, 0.1) is 0 Å². The lowest BCUT2D eigenvalue weighted by Gasteiger charge is -2.22. The van der Waals surface area contributed by atoms with Crippen LogP contribution < -0.4 is 44.2 Å². The Labute approximate surface area is 280 Å². The first kappa shape index (κ1) is 38.9. The minimum atomic E-state index is -5.17. The molecular weight excluding hydrogens is 683 g/mol. The van der Waals surface area contributed by atoms with Gasteiger partial charge in [0.1, 0.15) is 0 Å². The van der Waals surface area contributed by atoms with E-state index in [1.54, 1.807) is 0 Å². The molecule has 47 heavy (non-hydrogen) atoms. The van der Waals surface area contributed by atoms with Gasteiger partial charge in [0.2, 0.25) is 0 Å². The van der Waals surface area contributed by atoms with Crippen LogP contribution >= 0.6 is 23.2 Å². The van der Waals surface area contributed by atoms with Crippen molar-refractivity contribution < 1.29 is 27.1 Å². The second kappa shape index (κ2) is 18.1. The van der Waals surface area contributed by atoms with Crippen LogP contribution in [0.4, 0.5) is 23.3 Å². The predicted molar refractivity (Wildman–Crippen MR) is 175 cm³/mol. The summed E-state index contributed by atoms with van der Waals surface area (Å²) in [5.74, 6) is -1.33. The summed E-state index contributed by atoms with van der Waals surface area (Å²) in [6, 6.07) is 0. The van der Waals surface area contributed by atoms with E-state index in [-0.39, 0.29) is 45.2 Å². The minimum absolute atomic E-state index is 0.0337. The molecule has 2 aliphatic heterocycles. The monoisotopic (exact) mass is 718 g/mol. The Hall–Kier alpha value is -4.31. The number of nitrogens with two attached hydrogens (primary N) is 6. The van der Waals surface area contributed by atoms with Gasteiger partial charge in [-0.05, 0) is 25.7 Å². The summed E-state index contributed by atoms with van der Waals surface area (Å²) in [7, 11) is -5.17. The number of nitrogen functional groups attached to an aromatic ring is 2. The molecule has 20 nitrogen and oxygen atoms in total. The van der Waals surface area contributed by atoms with Crippen molar-refractivity contribution in [1.29, 1.82) is 0 Å². The SMILES string of the molecule is NC(N)=NC(=O)c1nc(Cl)c(N2CCCCCC2)nc1N.NC(N)=NC(=O)c1nc(Cl)c(N2CCCCCC2)nc1N.O=S(=O)([O-])[O-]. The Kier molecular flexibility index (Phi) is 15.0. The van der Waals surface area contributed by atoms with Gasteiger partial charge < -0.3 is 53.3 Å². The standard InChI is InChI=1S/2C12H18ClN7O.H2O4S/c2*13-8-10(20-5-3-1-2-4-6-20)18-9(14)7(17-8)11(21)19-12(15)16;1-5(2,3)4/h2*1-6H2,(H2,14,18)(H4,15,16,19,21);(H2,1,2,3,4)/p-2. The van der Waals surface area contributed by atoms with Crippen molar-refractivity contribution in [2.24, 2.45) is 32.9 Å².